The van der Waals surface area contributed by atoms with E-state index in [0.29, 0.717) is 5.92 Å². The van der Waals surface area contributed by atoms with Gasteiger partial charge in [0.15, 0.2) is 0 Å². The number of unbranched alkanes of at least 4 members (excludes halogenated alkanes) is 3. The largest absolute Gasteiger partial charge is 0.361 e. The lowest BCUT2D eigenvalue weighted by molar-refractivity contribution is 0.391. The minimum atomic E-state index is 0.591. The smallest absolute Gasteiger partial charge is 0.137 e. The lowest BCUT2D eigenvalue weighted by Gasteiger charge is -2.10. The molecule has 0 saturated heterocycles. The van der Waals surface area contributed by atoms with Crippen LogP contribution in [0.25, 0.3) is 0 Å². The van der Waals surface area contributed by atoms with E-state index in [1.54, 1.807) is 0 Å². The maximum Gasteiger partial charge on any atom is 0.137 e. The molecule has 0 fully saturated rings. The first-order valence-electron chi connectivity index (χ1n) is 6.09. The summed E-state index contributed by atoms with van der Waals surface area (Å²) in [4.78, 5) is 0. The fraction of sp³-hybridized carbons (Fsp3) is 0.769. The molecule has 1 rings (SSSR count). The van der Waals surface area contributed by atoms with Gasteiger partial charge in [-0.3, -0.25) is 0 Å². The van der Waals surface area contributed by atoms with Crippen LogP contribution < -0.4 is 0 Å². The molecule has 0 aromatic carbocycles. The molecule has 0 N–H and O–H groups in total. The molecular weight excluding hydrogens is 186 g/mol. The van der Waals surface area contributed by atoms with E-state index in [1.807, 2.05) is 13.8 Å². The van der Waals surface area contributed by atoms with Crippen LogP contribution in [0.2, 0.25) is 0 Å². The first kappa shape index (κ1) is 12.3. The standard InChI is InChI=1S/C13H23NO/c1-5-6-7-8-9-10(2)13-11(3)14-15-12(13)4/h10H,5-9H2,1-4H3. The number of aryl methyl sites for hydroxylation is 2. The Bertz CT molecular complexity index is 271. The second-order valence-corrected chi connectivity index (χ2v) is 4.49. The van der Waals surface area contributed by atoms with Gasteiger partial charge in [-0.05, 0) is 26.2 Å². The molecule has 86 valence electrons. The van der Waals surface area contributed by atoms with Crippen LogP contribution in [-0.2, 0) is 0 Å². The van der Waals surface area contributed by atoms with Gasteiger partial charge in [0.25, 0.3) is 0 Å². The van der Waals surface area contributed by atoms with Crippen molar-refractivity contribution in [1.82, 2.24) is 5.16 Å². The Hall–Kier alpha value is -0.790. The minimum Gasteiger partial charge on any atom is -0.361 e. The zero-order chi connectivity index (χ0) is 11.3. The fourth-order valence-corrected chi connectivity index (χ4v) is 2.22. The van der Waals surface area contributed by atoms with E-state index in [2.05, 4.69) is 19.0 Å². The van der Waals surface area contributed by atoms with Gasteiger partial charge in [-0.25, -0.2) is 0 Å². The van der Waals surface area contributed by atoms with E-state index in [1.165, 1.54) is 37.7 Å². The van der Waals surface area contributed by atoms with Crippen molar-refractivity contribution in [2.45, 2.75) is 65.7 Å². The number of hydrogen-bond acceptors (Lipinski definition) is 2. The van der Waals surface area contributed by atoms with Gasteiger partial charge in [0.2, 0.25) is 0 Å². The number of rotatable bonds is 6. The average molecular weight is 209 g/mol. The highest BCUT2D eigenvalue weighted by molar-refractivity contribution is 5.24. The molecule has 0 spiro atoms. The van der Waals surface area contributed by atoms with E-state index in [0.717, 1.165) is 11.5 Å². The Labute approximate surface area is 93.0 Å². The number of nitrogens with zero attached hydrogens (tertiary/aromatic N) is 1. The highest BCUT2D eigenvalue weighted by Crippen LogP contribution is 2.27. The van der Waals surface area contributed by atoms with Gasteiger partial charge in [-0.2, -0.15) is 0 Å². The zero-order valence-electron chi connectivity index (χ0n) is 10.5. The highest BCUT2D eigenvalue weighted by Gasteiger charge is 2.15. The monoisotopic (exact) mass is 209 g/mol. The molecule has 1 heterocycles. The number of hydrogen-bond donors (Lipinski definition) is 0. The molecule has 2 heteroatoms. The molecule has 0 bridgehead atoms. The summed E-state index contributed by atoms with van der Waals surface area (Å²) in [5, 5.41) is 4.01. The summed E-state index contributed by atoms with van der Waals surface area (Å²) in [6, 6.07) is 0. The molecule has 1 atom stereocenters. The quantitative estimate of drug-likeness (QED) is 0.650. The van der Waals surface area contributed by atoms with Gasteiger partial charge < -0.3 is 4.52 Å². The molecule has 1 unspecified atom stereocenters. The lowest BCUT2D eigenvalue weighted by atomic mass is 9.93. The average Bonchev–Trinajstić information content (AvgIpc) is 2.53. The maximum atomic E-state index is 5.19. The second kappa shape index (κ2) is 5.94. The molecule has 0 saturated carbocycles. The molecule has 2 nitrogen and oxygen atoms in total. The summed E-state index contributed by atoms with van der Waals surface area (Å²) in [5.74, 6) is 1.59. The summed E-state index contributed by atoms with van der Waals surface area (Å²) in [7, 11) is 0. The van der Waals surface area contributed by atoms with Gasteiger partial charge in [-0.1, -0.05) is 44.7 Å². The summed E-state index contributed by atoms with van der Waals surface area (Å²) in [6.45, 7) is 8.57. The van der Waals surface area contributed by atoms with E-state index in [4.69, 9.17) is 4.52 Å². The van der Waals surface area contributed by atoms with E-state index in [9.17, 15) is 0 Å². The van der Waals surface area contributed by atoms with Gasteiger partial charge >= 0.3 is 0 Å². The topological polar surface area (TPSA) is 26.0 Å². The number of aromatic nitrogens is 1. The molecule has 0 radical (unpaired) electrons. The van der Waals surface area contributed by atoms with Crippen LogP contribution in [-0.4, -0.2) is 5.16 Å². The third-order valence-electron chi connectivity index (χ3n) is 3.07. The van der Waals surface area contributed by atoms with Crippen LogP contribution in [0.4, 0.5) is 0 Å². The van der Waals surface area contributed by atoms with Gasteiger partial charge in [0, 0.05) is 5.56 Å². The van der Waals surface area contributed by atoms with Crippen molar-refractivity contribution < 1.29 is 4.52 Å². The summed E-state index contributed by atoms with van der Waals surface area (Å²) < 4.78 is 5.19. The first-order chi connectivity index (χ1) is 7.16. The van der Waals surface area contributed by atoms with Crippen molar-refractivity contribution in [2.24, 2.45) is 0 Å². The van der Waals surface area contributed by atoms with Gasteiger partial charge in [0.1, 0.15) is 5.76 Å². The van der Waals surface area contributed by atoms with E-state index in [-0.39, 0.29) is 0 Å². The summed E-state index contributed by atoms with van der Waals surface area (Å²) >= 11 is 0. The van der Waals surface area contributed by atoms with Crippen molar-refractivity contribution in [2.75, 3.05) is 0 Å². The van der Waals surface area contributed by atoms with Crippen LogP contribution in [0.5, 0.6) is 0 Å². The molecule has 0 aliphatic heterocycles. The van der Waals surface area contributed by atoms with Crippen LogP contribution >= 0.6 is 0 Å². The predicted octanol–water partition coefficient (Wildman–Crippen LogP) is 4.37. The summed E-state index contributed by atoms with van der Waals surface area (Å²) in [5.41, 5.74) is 2.39. The minimum absolute atomic E-state index is 0.591. The maximum absolute atomic E-state index is 5.19. The molecule has 1 aromatic heterocycles. The van der Waals surface area contributed by atoms with Crippen LogP contribution in [0.3, 0.4) is 0 Å². The SMILES string of the molecule is CCCCCCC(C)c1c(C)noc1C. The molecular formula is C13H23NO. The van der Waals surface area contributed by atoms with Gasteiger partial charge in [0.05, 0.1) is 5.69 Å². The second-order valence-electron chi connectivity index (χ2n) is 4.49. The first-order valence-corrected chi connectivity index (χ1v) is 6.09. The third-order valence-corrected chi connectivity index (χ3v) is 3.07. The molecule has 1 aromatic rings. The van der Waals surface area contributed by atoms with Crippen molar-refractivity contribution in [3.8, 4) is 0 Å². The highest BCUT2D eigenvalue weighted by atomic mass is 16.5. The zero-order valence-corrected chi connectivity index (χ0v) is 10.5. The van der Waals surface area contributed by atoms with Crippen molar-refractivity contribution in [1.29, 1.82) is 0 Å². The summed E-state index contributed by atoms with van der Waals surface area (Å²) in [6.07, 6.45) is 6.58. The molecule has 0 amide bonds. The van der Waals surface area contributed by atoms with E-state index >= 15 is 0 Å². The normalized spacial score (nSPS) is 13.1. The van der Waals surface area contributed by atoms with Crippen molar-refractivity contribution in [3.63, 3.8) is 0 Å². The van der Waals surface area contributed by atoms with Crippen LogP contribution in [0.15, 0.2) is 4.52 Å². The Morgan fingerprint density at radius 1 is 1.20 bits per heavy atom. The van der Waals surface area contributed by atoms with Crippen molar-refractivity contribution in [3.05, 3.63) is 17.0 Å². The Morgan fingerprint density at radius 3 is 2.47 bits per heavy atom. The van der Waals surface area contributed by atoms with Crippen LogP contribution in [0.1, 0.15) is 68.9 Å². The Balaban J connectivity index is 2.43. The predicted molar refractivity (Wildman–Crippen MR) is 63.2 cm³/mol. The van der Waals surface area contributed by atoms with Crippen LogP contribution in [0, 0.1) is 13.8 Å². The Kier molecular flexibility index (Phi) is 4.86. The molecule has 15 heavy (non-hydrogen) atoms. The van der Waals surface area contributed by atoms with Crippen molar-refractivity contribution >= 4 is 0 Å². The van der Waals surface area contributed by atoms with Gasteiger partial charge in [-0.15, -0.1) is 0 Å². The molecule has 0 aliphatic carbocycles. The lowest BCUT2D eigenvalue weighted by Crippen LogP contribution is -1.96. The Morgan fingerprint density at radius 2 is 1.93 bits per heavy atom. The molecule has 0 aliphatic rings. The fourth-order valence-electron chi connectivity index (χ4n) is 2.22. The van der Waals surface area contributed by atoms with E-state index < -0.39 is 0 Å². The third kappa shape index (κ3) is 3.37.